The summed E-state index contributed by atoms with van der Waals surface area (Å²) in [7, 11) is 0. The second-order valence-corrected chi connectivity index (χ2v) is 4.95. The van der Waals surface area contributed by atoms with Crippen molar-refractivity contribution in [1.82, 2.24) is 0 Å². The third-order valence-corrected chi connectivity index (χ3v) is 3.49. The van der Waals surface area contributed by atoms with Gasteiger partial charge < -0.3 is 11.1 Å². The predicted octanol–water partition coefficient (Wildman–Crippen LogP) is 3.54. The van der Waals surface area contributed by atoms with Gasteiger partial charge in [0.2, 0.25) is 0 Å². The Balaban J connectivity index is 2.04. The smallest absolute Gasteiger partial charge is 0.151 e. The molecule has 1 saturated carbocycles. The molecule has 2 nitrogen and oxygen atoms in total. The molecule has 3 N–H and O–H groups in total. The predicted molar refractivity (Wildman–Crippen MR) is 65.8 cm³/mol. The molecule has 1 aliphatic rings. The summed E-state index contributed by atoms with van der Waals surface area (Å²) in [6.45, 7) is 2.89. The van der Waals surface area contributed by atoms with Crippen molar-refractivity contribution < 1.29 is 8.78 Å². The normalized spacial score (nSPS) is 16.9. The maximum Gasteiger partial charge on any atom is 0.151 e. The lowest BCUT2D eigenvalue weighted by Gasteiger charge is -2.17. The van der Waals surface area contributed by atoms with Crippen LogP contribution in [-0.2, 0) is 0 Å². The Kier molecular flexibility index (Phi) is 3.22. The molecule has 0 aliphatic heterocycles. The van der Waals surface area contributed by atoms with Crippen LogP contribution in [0.3, 0.4) is 0 Å². The summed E-state index contributed by atoms with van der Waals surface area (Å²) in [5.41, 5.74) is 6.26. The molecule has 1 aromatic rings. The van der Waals surface area contributed by atoms with Gasteiger partial charge in [0.05, 0.1) is 11.4 Å². The molecule has 1 aromatic carbocycles. The molecule has 94 valence electrons. The van der Waals surface area contributed by atoms with Gasteiger partial charge in [0.15, 0.2) is 5.82 Å². The first-order chi connectivity index (χ1) is 8.06. The zero-order valence-electron chi connectivity index (χ0n) is 10.0. The summed E-state index contributed by atoms with van der Waals surface area (Å²) < 4.78 is 26.3. The van der Waals surface area contributed by atoms with Crippen LogP contribution in [0.15, 0.2) is 12.1 Å². The van der Waals surface area contributed by atoms with Crippen molar-refractivity contribution in [3.05, 3.63) is 23.8 Å². The largest absolute Gasteiger partial charge is 0.395 e. The number of anilines is 2. The molecule has 4 heteroatoms. The van der Waals surface area contributed by atoms with Gasteiger partial charge in [-0.05, 0) is 30.7 Å². The van der Waals surface area contributed by atoms with Gasteiger partial charge in [0.1, 0.15) is 5.82 Å². The van der Waals surface area contributed by atoms with E-state index in [9.17, 15) is 8.78 Å². The molecule has 0 heterocycles. The van der Waals surface area contributed by atoms with Gasteiger partial charge >= 0.3 is 0 Å². The third-order valence-electron chi connectivity index (χ3n) is 3.49. The molecule has 0 unspecified atom stereocenters. The van der Waals surface area contributed by atoms with Crippen LogP contribution in [-0.4, -0.2) is 6.54 Å². The molecule has 0 radical (unpaired) electrons. The lowest BCUT2D eigenvalue weighted by atomic mass is 10.0. The number of hydrogen-bond donors (Lipinski definition) is 2. The van der Waals surface area contributed by atoms with Crippen LogP contribution in [0, 0.1) is 17.0 Å². The molecule has 0 atom stereocenters. The number of nitrogens with one attached hydrogen (secondary N) is 1. The van der Waals surface area contributed by atoms with Crippen LogP contribution in [0.4, 0.5) is 20.2 Å². The Morgan fingerprint density at radius 1 is 1.35 bits per heavy atom. The summed E-state index contributed by atoms with van der Waals surface area (Å²) in [5.74, 6) is -1.30. The van der Waals surface area contributed by atoms with Gasteiger partial charge in [-0.25, -0.2) is 8.78 Å². The minimum Gasteiger partial charge on any atom is -0.395 e. The molecule has 0 amide bonds. The summed E-state index contributed by atoms with van der Waals surface area (Å²) in [6.07, 6.45) is 4.66. The van der Waals surface area contributed by atoms with Gasteiger partial charge in [-0.15, -0.1) is 0 Å². The second kappa shape index (κ2) is 4.51. The second-order valence-electron chi connectivity index (χ2n) is 4.95. The first-order valence-electron chi connectivity index (χ1n) is 6.05. The number of nitrogen functional groups attached to an aromatic ring is 1. The summed E-state index contributed by atoms with van der Waals surface area (Å²) in [5, 5.41) is 3.08. The summed E-state index contributed by atoms with van der Waals surface area (Å²) >= 11 is 0. The molecule has 1 fully saturated rings. The molecule has 0 saturated heterocycles. The van der Waals surface area contributed by atoms with Crippen molar-refractivity contribution >= 4 is 11.4 Å². The minimum absolute atomic E-state index is 0.00121. The van der Waals surface area contributed by atoms with Gasteiger partial charge in [0.25, 0.3) is 0 Å². The fraction of sp³-hybridized carbons (Fsp3) is 0.538. The van der Waals surface area contributed by atoms with Crippen LogP contribution < -0.4 is 11.1 Å². The van der Waals surface area contributed by atoms with E-state index in [0.29, 0.717) is 11.1 Å². The van der Waals surface area contributed by atoms with Crippen LogP contribution >= 0.6 is 0 Å². The van der Waals surface area contributed by atoms with Crippen molar-refractivity contribution in [3.8, 4) is 0 Å². The van der Waals surface area contributed by atoms with Crippen LogP contribution in [0.25, 0.3) is 0 Å². The van der Waals surface area contributed by atoms with E-state index in [4.69, 9.17) is 5.73 Å². The summed E-state index contributed by atoms with van der Waals surface area (Å²) in [6, 6.07) is 2.06. The number of hydrogen-bond acceptors (Lipinski definition) is 2. The lowest BCUT2D eigenvalue weighted by Crippen LogP contribution is -2.16. The molecule has 0 aromatic heterocycles. The van der Waals surface area contributed by atoms with Crippen LogP contribution in [0.5, 0.6) is 0 Å². The SMILES string of the molecule is CCCC1(CNc2cc(F)cc(F)c2N)CC1. The standard InChI is InChI=1S/C13H18F2N2/c1-2-3-13(4-5-13)8-17-11-7-9(14)6-10(15)12(11)16/h6-7,17H,2-5,8,16H2,1H3. The van der Waals surface area contributed by atoms with E-state index in [-0.39, 0.29) is 5.69 Å². The zero-order chi connectivity index (χ0) is 12.5. The first-order valence-corrected chi connectivity index (χ1v) is 6.05. The van der Waals surface area contributed by atoms with E-state index in [1.165, 1.54) is 18.9 Å². The number of halogens is 2. The van der Waals surface area contributed by atoms with E-state index in [1.807, 2.05) is 0 Å². The summed E-state index contributed by atoms with van der Waals surface area (Å²) in [4.78, 5) is 0. The van der Waals surface area contributed by atoms with Gasteiger partial charge in [-0.3, -0.25) is 0 Å². The Bertz CT molecular complexity index is 414. The Hall–Kier alpha value is -1.32. The van der Waals surface area contributed by atoms with Crippen LogP contribution in [0.2, 0.25) is 0 Å². The average Bonchev–Trinajstić information content (AvgIpc) is 3.02. The number of benzene rings is 1. The molecular formula is C13H18F2N2. The number of rotatable bonds is 5. The molecule has 0 spiro atoms. The number of nitrogens with two attached hydrogens (primary N) is 1. The lowest BCUT2D eigenvalue weighted by molar-refractivity contribution is 0.485. The molecule has 2 rings (SSSR count). The quantitative estimate of drug-likeness (QED) is 0.772. The van der Waals surface area contributed by atoms with E-state index in [2.05, 4.69) is 12.2 Å². The van der Waals surface area contributed by atoms with Crippen molar-refractivity contribution in [2.24, 2.45) is 5.41 Å². The van der Waals surface area contributed by atoms with E-state index < -0.39 is 11.6 Å². The third kappa shape index (κ3) is 2.68. The van der Waals surface area contributed by atoms with Crippen molar-refractivity contribution in [2.75, 3.05) is 17.6 Å². The highest BCUT2D eigenvalue weighted by Crippen LogP contribution is 2.49. The molecule has 1 aliphatic carbocycles. The van der Waals surface area contributed by atoms with Gasteiger partial charge in [-0.1, -0.05) is 13.3 Å². The van der Waals surface area contributed by atoms with E-state index >= 15 is 0 Å². The zero-order valence-corrected chi connectivity index (χ0v) is 10.0. The molecular weight excluding hydrogens is 222 g/mol. The van der Waals surface area contributed by atoms with Crippen molar-refractivity contribution in [3.63, 3.8) is 0 Å². The average molecular weight is 240 g/mol. The molecule has 17 heavy (non-hydrogen) atoms. The van der Waals surface area contributed by atoms with Gasteiger partial charge in [0, 0.05) is 12.6 Å². The van der Waals surface area contributed by atoms with Crippen LogP contribution in [0.1, 0.15) is 32.6 Å². The maximum absolute atomic E-state index is 13.2. The Morgan fingerprint density at radius 3 is 2.65 bits per heavy atom. The van der Waals surface area contributed by atoms with Crippen molar-refractivity contribution in [2.45, 2.75) is 32.6 Å². The Morgan fingerprint density at radius 2 is 2.06 bits per heavy atom. The monoisotopic (exact) mass is 240 g/mol. The molecule has 0 bridgehead atoms. The Labute approximate surface area is 100 Å². The maximum atomic E-state index is 13.2. The fourth-order valence-electron chi connectivity index (χ4n) is 2.24. The van der Waals surface area contributed by atoms with Gasteiger partial charge in [-0.2, -0.15) is 0 Å². The topological polar surface area (TPSA) is 38.0 Å². The van der Waals surface area contributed by atoms with Crippen molar-refractivity contribution in [1.29, 1.82) is 0 Å². The van der Waals surface area contributed by atoms with E-state index in [0.717, 1.165) is 25.5 Å². The fourth-order valence-corrected chi connectivity index (χ4v) is 2.24. The highest BCUT2D eigenvalue weighted by Gasteiger charge is 2.41. The highest BCUT2D eigenvalue weighted by molar-refractivity contribution is 5.66. The highest BCUT2D eigenvalue weighted by atomic mass is 19.1. The van der Waals surface area contributed by atoms with E-state index in [1.54, 1.807) is 0 Å². The minimum atomic E-state index is -0.701. The first kappa shape index (κ1) is 12.1.